The minimum Gasteiger partial charge on any atom is -0.497 e. The Balaban J connectivity index is 2.11. The zero-order chi connectivity index (χ0) is 15.2. The molecule has 0 radical (unpaired) electrons. The van der Waals surface area contributed by atoms with Crippen molar-refractivity contribution < 1.29 is 9.84 Å². The number of hydrogen-bond donors (Lipinski definition) is 2. The highest BCUT2D eigenvalue weighted by atomic mass is 35.5. The van der Waals surface area contributed by atoms with Crippen LogP contribution in [0.2, 0.25) is 5.02 Å². The van der Waals surface area contributed by atoms with Crippen LogP contribution in [0.3, 0.4) is 0 Å². The van der Waals surface area contributed by atoms with Gasteiger partial charge in [0.1, 0.15) is 5.75 Å². The van der Waals surface area contributed by atoms with E-state index < -0.39 is 0 Å². The van der Waals surface area contributed by atoms with Gasteiger partial charge in [0.15, 0.2) is 0 Å². The van der Waals surface area contributed by atoms with Crippen molar-refractivity contribution in [2.24, 2.45) is 0 Å². The third kappa shape index (κ3) is 4.21. The SMILES string of the molecule is COc1cccc(C(C)NC(CO)c2ccc(Cl)cc2)c1. The van der Waals surface area contributed by atoms with Crippen molar-refractivity contribution >= 4 is 11.6 Å². The second kappa shape index (κ2) is 7.46. The predicted molar refractivity (Wildman–Crippen MR) is 85.8 cm³/mol. The first kappa shape index (κ1) is 15.8. The Labute approximate surface area is 130 Å². The molecule has 0 bridgehead atoms. The fourth-order valence-electron chi connectivity index (χ4n) is 2.26. The third-order valence-corrected chi connectivity index (χ3v) is 3.75. The summed E-state index contributed by atoms with van der Waals surface area (Å²) in [5.74, 6) is 0.827. The molecule has 0 saturated carbocycles. The molecular formula is C17H20ClNO2. The Bertz CT molecular complexity index is 571. The van der Waals surface area contributed by atoms with Crippen molar-refractivity contribution in [2.75, 3.05) is 13.7 Å². The van der Waals surface area contributed by atoms with Gasteiger partial charge in [-0.25, -0.2) is 0 Å². The molecule has 0 aliphatic heterocycles. The number of hydrogen-bond acceptors (Lipinski definition) is 3. The van der Waals surface area contributed by atoms with E-state index in [1.54, 1.807) is 7.11 Å². The summed E-state index contributed by atoms with van der Waals surface area (Å²) in [7, 11) is 1.65. The van der Waals surface area contributed by atoms with E-state index in [-0.39, 0.29) is 18.7 Å². The maximum absolute atomic E-state index is 9.63. The molecule has 0 aromatic heterocycles. The first-order valence-corrected chi connectivity index (χ1v) is 7.28. The number of halogens is 1. The summed E-state index contributed by atoms with van der Waals surface area (Å²) >= 11 is 5.90. The molecule has 2 N–H and O–H groups in total. The molecule has 2 unspecified atom stereocenters. The molecule has 0 amide bonds. The fourth-order valence-corrected chi connectivity index (χ4v) is 2.38. The average Bonchev–Trinajstić information content (AvgIpc) is 2.53. The Morgan fingerprint density at radius 1 is 1.14 bits per heavy atom. The Kier molecular flexibility index (Phi) is 5.62. The molecule has 0 aliphatic rings. The smallest absolute Gasteiger partial charge is 0.119 e. The number of aliphatic hydroxyl groups excluding tert-OH is 1. The fraction of sp³-hybridized carbons (Fsp3) is 0.294. The van der Waals surface area contributed by atoms with E-state index in [2.05, 4.69) is 12.2 Å². The van der Waals surface area contributed by atoms with E-state index in [1.807, 2.05) is 48.5 Å². The topological polar surface area (TPSA) is 41.5 Å². The number of methoxy groups -OCH3 is 1. The van der Waals surface area contributed by atoms with Crippen LogP contribution in [0.1, 0.15) is 30.1 Å². The lowest BCUT2D eigenvalue weighted by Crippen LogP contribution is -2.27. The van der Waals surface area contributed by atoms with Crippen LogP contribution in [0.5, 0.6) is 5.75 Å². The molecule has 0 fully saturated rings. The Hall–Kier alpha value is -1.55. The maximum atomic E-state index is 9.63. The molecule has 0 spiro atoms. The zero-order valence-electron chi connectivity index (χ0n) is 12.2. The summed E-state index contributed by atoms with van der Waals surface area (Å²) in [6.45, 7) is 2.09. The molecule has 0 aliphatic carbocycles. The van der Waals surface area contributed by atoms with Gasteiger partial charge in [0, 0.05) is 11.1 Å². The summed E-state index contributed by atoms with van der Waals surface area (Å²) in [5.41, 5.74) is 2.12. The molecule has 2 aromatic rings. The van der Waals surface area contributed by atoms with Gasteiger partial charge in [-0.1, -0.05) is 35.9 Å². The minimum atomic E-state index is -0.136. The van der Waals surface area contributed by atoms with E-state index in [4.69, 9.17) is 16.3 Å². The van der Waals surface area contributed by atoms with Gasteiger partial charge in [-0.3, -0.25) is 0 Å². The third-order valence-electron chi connectivity index (χ3n) is 3.50. The van der Waals surface area contributed by atoms with E-state index in [0.29, 0.717) is 5.02 Å². The highest BCUT2D eigenvalue weighted by molar-refractivity contribution is 6.30. The number of rotatable bonds is 6. The van der Waals surface area contributed by atoms with E-state index >= 15 is 0 Å². The number of ether oxygens (including phenoxy) is 1. The molecule has 0 heterocycles. The quantitative estimate of drug-likeness (QED) is 0.854. The largest absolute Gasteiger partial charge is 0.497 e. The van der Waals surface area contributed by atoms with Gasteiger partial charge in [0.25, 0.3) is 0 Å². The average molecular weight is 306 g/mol. The van der Waals surface area contributed by atoms with Crippen LogP contribution in [0.25, 0.3) is 0 Å². The summed E-state index contributed by atoms with van der Waals surface area (Å²) in [6.07, 6.45) is 0. The molecule has 2 rings (SSSR count). The van der Waals surface area contributed by atoms with Gasteiger partial charge in [-0.15, -0.1) is 0 Å². The van der Waals surface area contributed by atoms with Crippen molar-refractivity contribution in [3.63, 3.8) is 0 Å². The normalized spacial score (nSPS) is 13.7. The van der Waals surface area contributed by atoms with Crippen molar-refractivity contribution in [1.29, 1.82) is 0 Å². The van der Waals surface area contributed by atoms with E-state index in [9.17, 15) is 5.11 Å². The highest BCUT2D eigenvalue weighted by Crippen LogP contribution is 2.23. The lowest BCUT2D eigenvalue weighted by Gasteiger charge is -2.23. The molecule has 2 aromatic carbocycles. The van der Waals surface area contributed by atoms with Crippen molar-refractivity contribution in [1.82, 2.24) is 5.32 Å². The summed E-state index contributed by atoms with van der Waals surface area (Å²) in [5, 5.41) is 13.7. The molecule has 4 heteroatoms. The van der Waals surface area contributed by atoms with Gasteiger partial charge in [0.2, 0.25) is 0 Å². The second-order valence-corrected chi connectivity index (χ2v) is 5.39. The summed E-state index contributed by atoms with van der Waals surface area (Å²) in [6, 6.07) is 15.4. The van der Waals surface area contributed by atoms with Crippen LogP contribution in [0, 0.1) is 0 Å². The van der Waals surface area contributed by atoms with Gasteiger partial charge in [0.05, 0.1) is 19.8 Å². The van der Waals surface area contributed by atoms with E-state index in [1.165, 1.54) is 0 Å². The second-order valence-electron chi connectivity index (χ2n) is 4.95. The van der Waals surface area contributed by atoms with Crippen LogP contribution < -0.4 is 10.1 Å². The lowest BCUT2D eigenvalue weighted by molar-refractivity contribution is 0.235. The molecule has 112 valence electrons. The van der Waals surface area contributed by atoms with Gasteiger partial charge in [-0.2, -0.15) is 0 Å². The lowest BCUT2D eigenvalue weighted by atomic mass is 10.0. The Morgan fingerprint density at radius 2 is 1.86 bits per heavy atom. The van der Waals surface area contributed by atoms with Gasteiger partial charge < -0.3 is 15.2 Å². The predicted octanol–water partition coefficient (Wildman–Crippen LogP) is 3.73. The first-order valence-electron chi connectivity index (χ1n) is 6.90. The molecular weight excluding hydrogens is 286 g/mol. The van der Waals surface area contributed by atoms with Crippen LogP contribution in [-0.2, 0) is 0 Å². The first-order chi connectivity index (χ1) is 10.1. The standard InChI is InChI=1S/C17H20ClNO2/c1-12(14-4-3-5-16(10-14)21-2)19-17(11-20)13-6-8-15(18)9-7-13/h3-10,12,17,19-20H,11H2,1-2H3. The number of aliphatic hydroxyl groups is 1. The number of benzene rings is 2. The molecule has 0 saturated heterocycles. The van der Waals surface area contributed by atoms with E-state index in [0.717, 1.165) is 16.9 Å². The summed E-state index contributed by atoms with van der Waals surface area (Å²) < 4.78 is 5.24. The Morgan fingerprint density at radius 3 is 2.48 bits per heavy atom. The zero-order valence-corrected chi connectivity index (χ0v) is 13.0. The monoisotopic (exact) mass is 305 g/mol. The van der Waals surface area contributed by atoms with Crippen LogP contribution in [0.4, 0.5) is 0 Å². The minimum absolute atomic E-state index is 0.0238. The van der Waals surface area contributed by atoms with Gasteiger partial charge in [-0.05, 0) is 42.3 Å². The van der Waals surface area contributed by atoms with Crippen molar-refractivity contribution in [3.8, 4) is 5.75 Å². The highest BCUT2D eigenvalue weighted by Gasteiger charge is 2.15. The maximum Gasteiger partial charge on any atom is 0.119 e. The van der Waals surface area contributed by atoms with Gasteiger partial charge >= 0.3 is 0 Å². The summed E-state index contributed by atoms with van der Waals surface area (Å²) in [4.78, 5) is 0. The van der Waals surface area contributed by atoms with Crippen molar-refractivity contribution in [3.05, 3.63) is 64.7 Å². The van der Waals surface area contributed by atoms with Crippen LogP contribution in [-0.4, -0.2) is 18.8 Å². The molecule has 2 atom stereocenters. The molecule has 21 heavy (non-hydrogen) atoms. The van der Waals surface area contributed by atoms with Crippen LogP contribution >= 0.6 is 11.6 Å². The molecule has 3 nitrogen and oxygen atoms in total. The van der Waals surface area contributed by atoms with Crippen molar-refractivity contribution in [2.45, 2.75) is 19.0 Å². The number of nitrogens with one attached hydrogen (secondary N) is 1. The van der Waals surface area contributed by atoms with Crippen LogP contribution in [0.15, 0.2) is 48.5 Å².